The summed E-state index contributed by atoms with van der Waals surface area (Å²) in [4.78, 5) is 29.3. The normalized spacial score (nSPS) is 10.5. The maximum absolute atomic E-state index is 12.4. The molecule has 1 aromatic heterocycles. The van der Waals surface area contributed by atoms with Crippen LogP contribution in [-0.4, -0.2) is 31.1 Å². The number of nitrogens with one attached hydrogen (secondary N) is 3. The Kier molecular flexibility index (Phi) is 6.70. The van der Waals surface area contributed by atoms with Gasteiger partial charge in [0.25, 0.3) is 5.91 Å². The SMILES string of the molecule is COc1cccc(CNC(=O)Nc2cc(OC)c3nc(NC(=O)c4ccccc4)sc3c2)c1. The Bertz CT molecular complexity index is 1290. The number of fused-ring (bicyclic) bond motifs is 1. The molecule has 168 valence electrons. The van der Waals surface area contributed by atoms with Crippen LogP contribution in [0.5, 0.6) is 11.5 Å². The van der Waals surface area contributed by atoms with Gasteiger partial charge in [0.2, 0.25) is 0 Å². The van der Waals surface area contributed by atoms with Crippen LogP contribution in [0.25, 0.3) is 10.2 Å². The highest BCUT2D eigenvalue weighted by Crippen LogP contribution is 2.35. The molecule has 9 heteroatoms. The molecule has 0 unspecified atom stereocenters. The summed E-state index contributed by atoms with van der Waals surface area (Å²) in [5.74, 6) is 0.973. The molecule has 0 fully saturated rings. The molecule has 3 amide bonds. The van der Waals surface area contributed by atoms with Gasteiger partial charge in [-0.1, -0.05) is 41.7 Å². The molecular weight excluding hydrogens is 440 g/mol. The summed E-state index contributed by atoms with van der Waals surface area (Å²) < 4.78 is 11.4. The van der Waals surface area contributed by atoms with E-state index in [4.69, 9.17) is 9.47 Å². The van der Waals surface area contributed by atoms with Gasteiger partial charge in [0.15, 0.2) is 5.13 Å². The van der Waals surface area contributed by atoms with Gasteiger partial charge < -0.3 is 20.1 Å². The fraction of sp³-hybridized carbons (Fsp3) is 0.125. The second kappa shape index (κ2) is 10.0. The van der Waals surface area contributed by atoms with Crippen molar-refractivity contribution in [3.05, 3.63) is 77.9 Å². The first-order valence-corrected chi connectivity index (χ1v) is 10.9. The number of carbonyl (C=O) groups is 2. The molecule has 4 aromatic rings. The zero-order chi connectivity index (χ0) is 23.2. The van der Waals surface area contributed by atoms with Crippen LogP contribution in [0.15, 0.2) is 66.7 Å². The summed E-state index contributed by atoms with van der Waals surface area (Å²) in [5, 5.41) is 8.88. The lowest BCUT2D eigenvalue weighted by atomic mass is 10.2. The van der Waals surface area contributed by atoms with Gasteiger partial charge in [-0.15, -0.1) is 0 Å². The van der Waals surface area contributed by atoms with Crippen LogP contribution in [0.3, 0.4) is 0 Å². The third kappa shape index (κ3) is 5.39. The summed E-state index contributed by atoms with van der Waals surface area (Å²) in [6, 6.07) is 19.5. The Morgan fingerprint density at radius 1 is 0.939 bits per heavy atom. The molecule has 3 aromatic carbocycles. The van der Waals surface area contributed by atoms with Crippen LogP contribution < -0.4 is 25.4 Å². The maximum Gasteiger partial charge on any atom is 0.319 e. The highest BCUT2D eigenvalue weighted by Gasteiger charge is 2.15. The summed E-state index contributed by atoms with van der Waals surface area (Å²) >= 11 is 1.30. The Hall–Kier alpha value is -4.11. The molecule has 8 nitrogen and oxygen atoms in total. The first-order chi connectivity index (χ1) is 16.1. The quantitative estimate of drug-likeness (QED) is 0.363. The minimum absolute atomic E-state index is 0.246. The van der Waals surface area contributed by atoms with E-state index in [1.807, 2.05) is 30.3 Å². The molecule has 1 heterocycles. The van der Waals surface area contributed by atoms with Crippen molar-refractivity contribution in [1.82, 2.24) is 10.3 Å². The number of hydrogen-bond donors (Lipinski definition) is 3. The van der Waals surface area contributed by atoms with Crippen LogP contribution in [0, 0.1) is 0 Å². The second-order valence-corrected chi connectivity index (χ2v) is 8.05. The molecule has 3 N–H and O–H groups in total. The van der Waals surface area contributed by atoms with Crippen LogP contribution in [0.1, 0.15) is 15.9 Å². The van der Waals surface area contributed by atoms with Crippen molar-refractivity contribution < 1.29 is 19.1 Å². The molecule has 33 heavy (non-hydrogen) atoms. The predicted molar refractivity (Wildman–Crippen MR) is 129 cm³/mol. The fourth-order valence-electron chi connectivity index (χ4n) is 3.18. The van der Waals surface area contributed by atoms with Gasteiger partial charge in [-0.3, -0.25) is 10.1 Å². The molecular formula is C24H22N4O4S. The van der Waals surface area contributed by atoms with E-state index in [0.29, 0.717) is 34.2 Å². The van der Waals surface area contributed by atoms with E-state index in [2.05, 4.69) is 20.9 Å². The van der Waals surface area contributed by atoms with Gasteiger partial charge >= 0.3 is 6.03 Å². The molecule has 0 aliphatic carbocycles. The zero-order valence-electron chi connectivity index (χ0n) is 18.0. The van der Waals surface area contributed by atoms with Crippen molar-refractivity contribution in [3.8, 4) is 11.5 Å². The number of rotatable bonds is 7. The summed E-state index contributed by atoms with van der Waals surface area (Å²) in [6.45, 7) is 0.346. The minimum Gasteiger partial charge on any atom is -0.497 e. The number of methoxy groups -OCH3 is 2. The van der Waals surface area contributed by atoms with Gasteiger partial charge in [0, 0.05) is 23.9 Å². The van der Waals surface area contributed by atoms with Crippen LogP contribution in [-0.2, 0) is 6.54 Å². The number of hydrogen-bond acceptors (Lipinski definition) is 6. The van der Waals surface area contributed by atoms with E-state index in [0.717, 1.165) is 16.0 Å². The Labute approximate surface area is 194 Å². The Balaban J connectivity index is 1.46. The fourth-order valence-corrected chi connectivity index (χ4v) is 4.10. The van der Waals surface area contributed by atoms with Crippen LogP contribution in [0.4, 0.5) is 15.6 Å². The predicted octanol–water partition coefficient (Wildman–Crippen LogP) is 4.89. The molecule has 0 saturated carbocycles. The van der Waals surface area contributed by atoms with Crippen molar-refractivity contribution in [2.24, 2.45) is 0 Å². The number of benzene rings is 3. The first kappa shape index (κ1) is 22.1. The van der Waals surface area contributed by atoms with E-state index >= 15 is 0 Å². The highest BCUT2D eigenvalue weighted by atomic mass is 32.1. The molecule has 0 aliphatic heterocycles. The van der Waals surface area contributed by atoms with Gasteiger partial charge in [0.1, 0.15) is 17.0 Å². The lowest BCUT2D eigenvalue weighted by Crippen LogP contribution is -2.28. The van der Waals surface area contributed by atoms with Crippen molar-refractivity contribution in [2.45, 2.75) is 6.54 Å². The summed E-state index contributed by atoms with van der Waals surface area (Å²) in [6.07, 6.45) is 0. The number of ether oxygens (including phenoxy) is 2. The van der Waals surface area contributed by atoms with Gasteiger partial charge in [0.05, 0.1) is 18.9 Å². The number of urea groups is 1. The number of carbonyl (C=O) groups excluding carboxylic acids is 2. The molecule has 0 aliphatic rings. The third-order valence-electron chi connectivity index (χ3n) is 4.78. The van der Waals surface area contributed by atoms with E-state index in [-0.39, 0.29) is 11.9 Å². The first-order valence-electron chi connectivity index (χ1n) is 10.1. The summed E-state index contributed by atoms with van der Waals surface area (Å²) in [5.41, 5.74) is 2.61. The Morgan fingerprint density at radius 3 is 2.52 bits per heavy atom. The lowest BCUT2D eigenvalue weighted by Gasteiger charge is -2.10. The van der Waals surface area contributed by atoms with Gasteiger partial charge in [-0.25, -0.2) is 9.78 Å². The topological polar surface area (TPSA) is 102 Å². The van der Waals surface area contributed by atoms with Crippen LogP contribution >= 0.6 is 11.3 Å². The number of aromatic nitrogens is 1. The lowest BCUT2D eigenvalue weighted by molar-refractivity contribution is 0.102. The van der Waals surface area contributed by atoms with E-state index < -0.39 is 0 Å². The number of thiazole rings is 1. The molecule has 0 radical (unpaired) electrons. The molecule has 4 rings (SSSR count). The van der Waals surface area contributed by atoms with Crippen molar-refractivity contribution in [3.63, 3.8) is 0 Å². The Morgan fingerprint density at radius 2 is 1.76 bits per heavy atom. The standard InChI is InChI=1S/C24H22N4O4S/c1-31-18-10-6-7-15(11-18)14-25-23(30)26-17-12-19(32-2)21-20(13-17)33-24(27-21)28-22(29)16-8-4-3-5-9-16/h3-13H,14H2,1-2H3,(H2,25,26,30)(H,27,28,29). The van der Waals surface area contributed by atoms with E-state index in [1.54, 1.807) is 43.5 Å². The number of anilines is 2. The van der Waals surface area contributed by atoms with Crippen molar-refractivity contribution in [1.29, 1.82) is 0 Å². The zero-order valence-corrected chi connectivity index (χ0v) is 18.9. The monoisotopic (exact) mass is 462 g/mol. The van der Waals surface area contributed by atoms with Crippen molar-refractivity contribution >= 4 is 44.3 Å². The maximum atomic E-state index is 12.4. The largest absolute Gasteiger partial charge is 0.497 e. The van der Waals surface area contributed by atoms with Gasteiger partial charge in [-0.05, 0) is 35.9 Å². The van der Waals surface area contributed by atoms with Crippen LogP contribution in [0.2, 0.25) is 0 Å². The molecule has 0 atom stereocenters. The second-order valence-electron chi connectivity index (χ2n) is 7.02. The van der Waals surface area contributed by atoms with E-state index in [9.17, 15) is 9.59 Å². The van der Waals surface area contributed by atoms with Gasteiger partial charge in [-0.2, -0.15) is 0 Å². The molecule has 0 saturated heterocycles. The van der Waals surface area contributed by atoms with Crippen molar-refractivity contribution in [2.75, 3.05) is 24.9 Å². The third-order valence-corrected chi connectivity index (χ3v) is 5.70. The summed E-state index contributed by atoms with van der Waals surface area (Å²) in [7, 11) is 3.13. The van der Waals surface area contributed by atoms with E-state index in [1.165, 1.54) is 18.4 Å². The highest BCUT2D eigenvalue weighted by molar-refractivity contribution is 7.22. The average Bonchev–Trinajstić information content (AvgIpc) is 3.25. The smallest absolute Gasteiger partial charge is 0.319 e. The molecule has 0 bridgehead atoms. The molecule has 0 spiro atoms. The number of amides is 3. The average molecular weight is 463 g/mol. The minimum atomic E-state index is -0.360. The number of nitrogens with zero attached hydrogens (tertiary/aromatic N) is 1.